The number of hydrogen-bond donors (Lipinski definition) is 1. The number of para-hydroxylation sites is 1. The van der Waals surface area contributed by atoms with Crippen molar-refractivity contribution in [2.45, 2.75) is 32.9 Å². The van der Waals surface area contributed by atoms with E-state index >= 15 is 0 Å². The van der Waals surface area contributed by atoms with Crippen LogP contribution in [0.5, 0.6) is 0 Å². The van der Waals surface area contributed by atoms with Gasteiger partial charge in [0.25, 0.3) is 5.69 Å². The lowest BCUT2D eigenvalue weighted by molar-refractivity contribution is -0.384. The van der Waals surface area contributed by atoms with Crippen molar-refractivity contribution in [3.05, 3.63) is 33.9 Å². The molecule has 0 saturated heterocycles. The standard InChI is InChI=1S/C14H21N3O4/c1-14(2,3)21-13(18)15-9-10-7-6-8-11(17(19)20)12(10)16(4)5/h6-8H,9H2,1-5H3,(H,15,18). The van der Waals surface area contributed by atoms with Crippen molar-refractivity contribution in [2.24, 2.45) is 0 Å². The van der Waals surface area contributed by atoms with Crippen LogP contribution in [0.4, 0.5) is 16.2 Å². The van der Waals surface area contributed by atoms with E-state index in [0.29, 0.717) is 11.3 Å². The molecule has 0 bridgehead atoms. The molecule has 0 unspecified atom stereocenters. The lowest BCUT2D eigenvalue weighted by Crippen LogP contribution is -2.32. The average molecular weight is 295 g/mol. The highest BCUT2D eigenvalue weighted by atomic mass is 16.6. The van der Waals surface area contributed by atoms with E-state index < -0.39 is 16.6 Å². The average Bonchev–Trinajstić information content (AvgIpc) is 2.33. The number of hydrogen-bond acceptors (Lipinski definition) is 5. The summed E-state index contributed by atoms with van der Waals surface area (Å²) in [6.45, 7) is 5.46. The predicted octanol–water partition coefficient (Wildman–Crippen LogP) is 2.69. The van der Waals surface area contributed by atoms with Gasteiger partial charge in [0, 0.05) is 32.3 Å². The highest BCUT2D eigenvalue weighted by Crippen LogP contribution is 2.30. The minimum absolute atomic E-state index is 0.00323. The number of ether oxygens (including phenoxy) is 1. The Kier molecular flexibility index (Phi) is 5.12. The Hall–Kier alpha value is -2.31. The van der Waals surface area contributed by atoms with Crippen molar-refractivity contribution >= 4 is 17.5 Å². The molecule has 7 nitrogen and oxygen atoms in total. The van der Waals surface area contributed by atoms with Crippen LogP contribution in [0.1, 0.15) is 26.3 Å². The molecule has 0 aromatic heterocycles. The van der Waals surface area contributed by atoms with Crippen LogP contribution in [0.15, 0.2) is 18.2 Å². The smallest absolute Gasteiger partial charge is 0.407 e. The number of alkyl carbamates (subject to hydrolysis) is 1. The van der Waals surface area contributed by atoms with Crippen LogP contribution in [-0.4, -0.2) is 30.7 Å². The molecule has 0 atom stereocenters. The molecule has 0 aliphatic heterocycles. The fourth-order valence-corrected chi connectivity index (χ4v) is 1.87. The quantitative estimate of drug-likeness (QED) is 0.682. The molecule has 116 valence electrons. The van der Waals surface area contributed by atoms with Crippen LogP contribution in [0.25, 0.3) is 0 Å². The zero-order chi connectivity index (χ0) is 16.2. The summed E-state index contributed by atoms with van der Waals surface area (Å²) in [6, 6.07) is 4.77. The first-order valence-electron chi connectivity index (χ1n) is 6.52. The Balaban J connectivity index is 2.91. The molecule has 7 heteroatoms. The number of carbonyl (C=O) groups is 1. The van der Waals surface area contributed by atoms with Crippen molar-refractivity contribution in [3.8, 4) is 0 Å². The number of amides is 1. The Bertz CT molecular complexity index is 536. The Labute approximate surface area is 124 Å². The van der Waals surface area contributed by atoms with Gasteiger partial charge in [0.1, 0.15) is 11.3 Å². The summed E-state index contributed by atoms with van der Waals surface area (Å²) in [7, 11) is 3.44. The van der Waals surface area contributed by atoms with E-state index in [4.69, 9.17) is 4.74 Å². The third-order valence-electron chi connectivity index (χ3n) is 2.56. The second kappa shape index (κ2) is 6.43. The van der Waals surface area contributed by atoms with Crippen molar-refractivity contribution in [1.82, 2.24) is 5.32 Å². The highest BCUT2D eigenvalue weighted by molar-refractivity contribution is 5.70. The van der Waals surface area contributed by atoms with Crippen LogP contribution in [0.3, 0.4) is 0 Å². The van der Waals surface area contributed by atoms with E-state index in [-0.39, 0.29) is 12.2 Å². The van der Waals surface area contributed by atoms with Gasteiger partial charge in [-0.1, -0.05) is 12.1 Å². The first-order chi connectivity index (χ1) is 9.61. The van der Waals surface area contributed by atoms with Crippen LogP contribution in [-0.2, 0) is 11.3 Å². The molecule has 21 heavy (non-hydrogen) atoms. The molecular weight excluding hydrogens is 274 g/mol. The molecule has 0 aliphatic rings. The number of anilines is 1. The Morgan fingerprint density at radius 1 is 1.38 bits per heavy atom. The lowest BCUT2D eigenvalue weighted by atomic mass is 10.1. The number of rotatable bonds is 4. The minimum Gasteiger partial charge on any atom is -0.444 e. The van der Waals surface area contributed by atoms with Gasteiger partial charge in [-0.2, -0.15) is 0 Å². The summed E-state index contributed by atoms with van der Waals surface area (Å²) in [6.07, 6.45) is -0.557. The van der Waals surface area contributed by atoms with Crippen molar-refractivity contribution in [3.63, 3.8) is 0 Å². The van der Waals surface area contributed by atoms with E-state index in [1.807, 2.05) is 0 Å². The van der Waals surface area contributed by atoms with Gasteiger partial charge in [-0.25, -0.2) is 4.79 Å². The summed E-state index contributed by atoms with van der Waals surface area (Å²) in [4.78, 5) is 23.9. The van der Waals surface area contributed by atoms with Crippen LogP contribution >= 0.6 is 0 Å². The normalized spacial score (nSPS) is 10.9. The maximum Gasteiger partial charge on any atom is 0.407 e. The topological polar surface area (TPSA) is 84.7 Å². The monoisotopic (exact) mass is 295 g/mol. The number of nitrogens with zero attached hydrogens (tertiary/aromatic N) is 2. The number of nitro groups is 1. The molecule has 1 aromatic rings. The van der Waals surface area contributed by atoms with Gasteiger partial charge in [-0.05, 0) is 20.8 Å². The van der Waals surface area contributed by atoms with Crippen LogP contribution in [0, 0.1) is 10.1 Å². The largest absolute Gasteiger partial charge is 0.444 e. The molecule has 0 spiro atoms. The molecule has 0 fully saturated rings. The molecule has 1 rings (SSSR count). The van der Waals surface area contributed by atoms with Gasteiger partial charge in [-0.3, -0.25) is 10.1 Å². The first kappa shape index (κ1) is 16.7. The predicted molar refractivity (Wildman–Crippen MR) is 80.5 cm³/mol. The third-order valence-corrected chi connectivity index (χ3v) is 2.56. The summed E-state index contributed by atoms with van der Waals surface area (Å²) < 4.78 is 5.14. The van der Waals surface area contributed by atoms with Gasteiger partial charge in [-0.15, -0.1) is 0 Å². The number of nitro benzene ring substituents is 1. The minimum atomic E-state index is -0.586. The molecule has 1 aromatic carbocycles. The second-order valence-corrected chi connectivity index (χ2v) is 5.79. The number of carbonyl (C=O) groups excluding carboxylic acids is 1. The van der Waals surface area contributed by atoms with Crippen LogP contribution < -0.4 is 10.2 Å². The fourth-order valence-electron chi connectivity index (χ4n) is 1.87. The molecular formula is C14H21N3O4. The molecule has 1 amide bonds. The third kappa shape index (κ3) is 4.94. The molecule has 0 heterocycles. The number of nitrogens with one attached hydrogen (secondary N) is 1. The molecule has 0 saturated carbocycles. The summed E-state index contributed by atoms with van der Waals surface area (Å²) in [5.74, 6) is 0. The van der Waals surface area contributed by atoms with Gasteiger partial charge < -0.3 is 15.0 Å². The Morgan fingerprint density at radius 3 is 2.48 bits per heavy atom. The zero-order valence-electron chi connectivity index (χ0n) is 13.0. The summed E-state index contributed by atoms with van der Waals surface area (Å²) in [5, 5.41) is 13.7. The molecule has 0 radical (unpaired) electrons. The van der Waals surface area contributed by atoms with Crippen LogP contribution in [0.2, 0.25) is 0 Å². The lowest BCUT2D eigenvalue weighted by Gasteiger charge is -2.21. The van der Waals surface area contributed by atoms with E-state index in [2.05, 4.69) is 5.32 Å². The van der Waals surface area contributed by atoms with E-state index in [9.17, 15) is 14.9 Å². The van der Waals surface area contributed by atoms with Crippen molar-refractivity contribution in [1.29, 1.82) is 0 Å². The zero-order valence-corrected chi connectivity index (χ0v) is 13.0. The second-order valence-electron chi connectivity index (χ2n) is 5.79. The highest BCUT2D eigenvalue weighted by Gasteiger charge is 2.20. The summed E-state index contributed by atoms with van der Waals surface area (Å²) in [5.41, 5.74) is 0.541. The SMILES string of the molecule is CN(C)c1c(CNC(=O)OC(C)(C)C)cccc1[N+](=O)[O-]. The van der Waals surface area contributed by atoms with E-state index in [0.717, 1.165) is 0 Å². The maximum absolute atomic E-state index is 11.7. The van der Waals surface area contributed by atoms with E-state index in [1.165, 1.54) is 6.07 Å². The van der Waals surface area contributed by atoms with Gasteiger partial charge in [0.2, 0.25) is 0 Å². The van der Waals surface area contributed by atoms with Crippen molar-refractivity contribution in [2.75, 3.05) is 19.0 Å². The fraction of sp³-hybridized carbons (Fsp3) is 0.500. The molecule has 1 N–H and O–H groups in total. The molecule has 0 aliphatic carbocycles. The summed E-state index contributed by atoms with van der Waals surface area (Å²) >= 11 is 0. The van der Waals surface area contributed by atoms with E-state index in [1.54, 1.807) is 51.9 Å². The van der Waals surface area contributed by atoms with Crippen molar-refractivity contribution < 1.29 is 14.5 Å². The van der Waals surface area contributed by atoms with Gasteiger partial charge in [0.05, 0.1) is 4.92 Å². The van der Waals surface area contributed by atoms with Gasteiger partial charge >= 0.3 is 6.09 Å². The first-order valence-corrected chi connectivity index (χ1v) is 6.52. The number of benzene rings is 1. The maximum atomic E-state index is 11.7. The Morgan fingerprint density at radius 2 is 2.00 bits per heavy atom. The van der Waals surface area contributed by atoms with Gasteiger partial charge in [0.15, 0.2) is 0 Å².